The number of methoxy groups -OCH3 is 1. The second-order valence-electron chi connectivity index (χ2n) is 8.37. The highest BCUT2D eigenvalue weighted by Gasteiger charge is 2.39. The summed E-state index contributed by atoms with van der Waals surface area (Å²) in [6, 6.07) is 0. The van der Waals surface area contributed by atoms with Gasteiger partial charge in [0.25, 0.3) is 0 Å². The molecule has 2 aliphatic carbocycles. The Morgan fingerprint density at radius 1 is 1.27 bits per heavy atom. The summed E-state index contributed by atoms with van der Waals surface area (Å²) in [5.41, 5.74) is -0.400. The van der Waals surface area contributed by atoms with E-state index in [9.17, 15) is 9.59 Å². The SMILES string of the molecule is COC1(CC(=O)NC[C@@H]2C[C@H](C(=O)NC3(C)CC=CCC3)CO2)CCC1. The zero-order valence-corrected chi connectivity index (χ0v) is 16.0. The molecule has 1 aliphatic heterocycles. The molecule has 0 aromatic rings. The van der Waals surface area contributed by atoms with Crippen LogP contribution in [0, 0.1) is 5.92 Å². The molecule has 0 spiro atoms. The first-order chi connectivity index (χ1) is 12.4. The van der Waals surface area contributed by atoms with E-state index in [-0.39, 0.29) is 35.0 Å². The van der Waals surface area contributed by atoms with Gasteiger partial charge in [-0.3, -0.25) is 9.59 Å². The molecule has 2 amide bonds. The second-order valence-corrected chi connectivity index (χ2v) is 8.37. The molecule has 0 aromatic heterocycles. The Labute approximate surface area is 156 Å². The molecular weight excluding hydrogens is 332 g/mol. The fourth-order valence-corrected chi connectivity index (χ4v) is 4.12. The normalized spacial score (nSPS) is 32.7. The Hall–Kier alpha value is -1.40. The molecule has 3 atom stereocenters. The molecule has 1 heterocycles. The van der Waals surface area contributed by atoms with Crippen LogP contribution in [0.4, 0.5) is 0 Å². The molecule has 1 saturated heterocycles. The predicted molar refractivity (Wildman–Crippen MR) is 98.6 cm³/mol. The van der Waals surface area contributed by atoms with E-state index in [1.165, 1.54) is 0 Å². The first-order valence-corrected chi connectivity index (χ1v) is 9.84. The van der Waals surface area contributed by atoms with E-state index in [0.717, 1.165) is 38.5 Å². The molecule has 26 heavy (non-hydrogen) atoms. The molecule has 3 aliphatic rings. The van der Waals surface area contributed by atoms with Gasteiger partial charge in [0.05, 0.1) is 30.7 Å². The van der Waals surface area contributed by atoms with Gasteiger partial charge in [-0.2, -0.15) is 0 Å². The van der Waals surface area contributed by atoms with Crippen molar-refractivity contribution < 1.29 is 19.1 Å². The minimum atomic E-state index is -0.257. The number of allylic oxidation sites excluding steroid dienone is 1. The summed E-state index contributed by atoms with van der Waals surface area (Å²) < 4.78 is 11.2. The maximum atomic E-state index is 12.6. The number of ether oxygens (including phenoxy) is 2. The van der Waals surface area contributed by atoms with Gasteiger partial charge in [-0.15, -0.1) is 0 Å². The van der Waals surface area contributed by atoms with Gasteiger partial charge in [-0.25, -0.2) is 0 Å². The molecule has 3 rings (SSSR count). The van der Waals surface area contributed by atoms with E-state index in [1.807, 2.05) is 0 Å². The summed E-state index contributed by atoms with van der Waals surface area (Å²) in [7, 11) is 1.68. The number of carbonyl (C=O) groups is 2. The molecule has 1 unspecified atom stereocenters. The van der Waals surface area contributed by atoms with Crippen LogP contribution < -0.4 is 10.6 Å². The summed E-state index contributed by atoms with van der Waals surface area (Å²) in [5.74, 6) is -0.0504. The molecule has 2 N–H and O–H groups in total. The van der Waals surface area contributed by atoms with Gasteiger partial charge in [-0.05, 0) is 51.9 Å². The molecule has 0 bridgehead atoms. The Bertz CT molecular complexity index is 553. The molecular formula is C20H32N2O4. The smallest absolute Gasteiger partial charge is 0.225 e. The van der Waals surface area contributed by atoms with Crippen LogP contribution in [0.15, 0.2) is 12.2 Å². The van der Waals surface area contributed by atoms with Crippen LogP contribution in [0.2, 0.25) is 0 Å². The largest absolute Gasteiger partial charge is 0.378 e. The van der Waals surface area contributed by atoms with Gasteiger partial charge in [-0.1, -0.05) is 12.2 Å². The van der Waals surface area contributed by atoms with Crippen LogP contribution in [0.3, 0.4) is 0 Å². The first kappa shape index (κ1) is 19.4. The average Bonchev–Trinajstić information content (AvgIpc) is 3.06. The highest BCUT2D eigenvalue weighted by Crippen LogP contribution is 2.37. The van der Waals surface area contributed by atoms with Gasteiger partial charge >= 0.3 is 0 Å². The number of rotatable bonds is 7. The van der Waals surface area contributed by atoms with Crippen molar-refractivity contribution in [2.75, 3.05) is 20.3 Å². The number of amides is 2. The zero-order valence-electron chi connectivity index (χ0n) is 16.0. The third-order valence-corrected chi connectivity index (χ3v) is 6.18. The van der Waals surface area contributed by atoms with Crippen molar-refractivity contribution in [3.05, 3.63) is 12.2 Å². The molecule has 1 saturated carbocycles. The highest BCUT2D eigenvalue weighted by molar-refractivity contribution is 5.80. The minimum absolute atomic E-state index is 0.00422. The van der Waals surface area contributed by atoms with Gasteiger partial charge in [0.1, 0.15) is 0 Å². The molecule has 6 nitrogen and oxygen atoms in total. The first-order valence-electron chi connectivity index (χ1n) is 9.84. The molecule has 0 aromatic carbocycles. The summed E-state index contributed by atoms with van der Waals surface area (Å²) in [6.45, 7) is 3.00. The van der Waals surface area contributed by atoms with Crippen LogP contribution in [-0.4, -0.2) is 49.3 Å². The molecule has 6 heteroatoms. The fourth-order valence-electron chi connectivity index (χ4n) is 4.12. The van der Waals surface area contributed by atoms with E-state index in [1.54, 1.807) is 7.11 Å². The van der Waals surface area contributed by atoms with Crippen molar-refractivity contribution in [3.8, 4) is 0 Å². The maximum absolute atomic E-state index is 12.6. The number of carbonyl (C=O) groups excluding carboxylic acids is 2. The lowest BCUT2D eigenvalue weighted by Gasteiger charge is -2.39. The maximum Gasteiger partial charge on any atom is 0.225 e. The van der Waals surface area contributed by atoms with E-state index >= 15 is 0 Å². The van der Waals surface area contributed by atoms with Gasteiger partial charge < -0.3 is 20.1 Å². The summed E-state index contributed by atoms with van der Waals surface area (Å²) >= 11 is 0. The van der Waals surface area contributed by atoms with Crippen LogP contribution in [0.1, 0.15) is 58.3 Å². The van der Waals surface area contributed by atoms with Gasteiger partial charge in [0.15, 0.2) is 0 Å². The van der Waals surface area contributed by atoms with Crippen LogP contribution >= 0.6 is 0 Å². The lowest BCUT2D eigenvalue weighted by molar-refractivity contribution is -0.134. The van der Waals surface area contributed by atoms with Gasteiger partial charge in [0.2, 0.25) is 11.8 Å². The van der Waals surface area contributed by atoms with E-state index in [0.29, 0.717) is 26.0 Å². The highest BCUT2D eigenvalue weighted by atomic mass is 16.5. The van der Waals surface area contributed by atoms with E-state index in [4.69, 9.17) is 9.47 Å². The third kappa shape index (κ3) is 4.65. The monoisotopic (exact) mass is 364 g/mol. The molecule has 146 valence electrons. The van der Waals surface area contributed by atoms with Crippen molar-refractivity contribution in [1.29, 1.82) is 0 Å². The third-order valence-electron chi connectivity index (χ3n) is 6.18. The Morgan fingerprint density at radius 3 is 2.69 bits per heavy atom. The van der Waals surface area contributed by atoms with Crippen molar-refractivity contribution in [2.45, 2.75) is 75.5 Å². The van der Waals surface area contributed by atoms with E-state index < -0.39 is 0 Å². The zero-order chi connectivity index (χ0) is 18.6. The van der Waals surface area contributed by atoms with Crippen molar-refractivity contribution in [2.24, 2.45) is 5.92 Å². The predicted octanol–water partition coefficient (Wildman–Crippen LogP) is 2.08. The molecule has 2 fully saturated rings. The van der Waals surface area contributed by atoms with Gasteiger partial charge in [0, 0.05) is 19.2 Å². The fraction of sp³-hybridized carbons (Fsp3) is 0.800. The van der Waals surface area contributed by atoms with Crippen molar-refractivity contribution >= 4 is 11.8 Å². The minimum Gasteiger partial charge on any atom is -0.378 e. The number of hydrogen-bond donors (Lipinski definition) is 2. The number of nitrogens with one attached hydrogen (secondary N) is 2. The summed E-state index contributed by atoms with van der Waals surface area (Å²) in [5, 5.41) is 6.15. The van der Waals surface area contributed by atoms with Crippen LogP contribution in [0.5, 0.6) is 0 Å². The Morgan fingerprint density at radius 2 is 2.08 bits per heavy atom. The quantitative estimate of drug-likeness (QED) is 0.678. The average molecular weight is 364 g/mol. The summed E-state index contributed by atoms with van der Waals surface area (Å²) in [4.78, 5) is 24.7. The Balaban J connectivity index is 1.39. The lowest BCUT2D eigenvalue weighted by Crippen LogP contribution is -2.49. The summed E-state index contributed by atoms with van der Waals surface area (Å²) in [6.07, 6.45) is 11.2. The van der Waals surface area contributed by atoms with E-state index in [2.05, 4.69) is 29.7 Å². The van der Waals surface area contributed by atoms with Crippen molar-refractivity contribution in [3.63, 3.8) is 0 Å². The Kier molecular flexibility index (Phi) is 6.03. The standard InChI is InChI=1S/C20H32N2O4/c1-19(7-4-3-5-8-19)22-18(24)15-11-16(26-14-15)13-21-17(23)12-20(25-2)9-6-10-20/h3-4,15-16H,5-14H2,1-2H3,(H,21,23)(H,22,24)/t15-,16-,19?/m0/s1. The number of hydrogen-bond acceptors (Lipinski definition) is 4. The van der Waals surface area contributed by atoms with Crippen molar-refractivity contribution in [1.82, 2.24) is 10.6 Å². The van der Waals surface area contributed by atoms with Crippen LogP contribution in [0.25, 0.3) is 0 Å². The van der Waals surface area contributed by atoms with Crippen LogP contribution in [-0.2, 0) is 19.1 Å². The molecule has 0 radical (unpaired) electrons. The topological polar surface area (TPSA) is 76.7 Å². The lowest BCUT2D eigenvalue weighted by atomic mass is 9.77. The second kappa shape index (κ2) is 8.09.